The predicted molar refractivity (Wildman–Crippen MR) is 101 cm³/mol. The molecule has 1 saturated heterocycles. The molecule has 0 unspecified atom stereocenters. The Balaban J connectivity index is 1.59. The summed E-state index contributed by atoms with van der Waals surface area (Å²) in [6.07, 6.45) is 2.83. The van der Waals surface area contributed by atoms with Crippen molar-refractivity contribution in [3.8, 4) is 11.5 Å². The lowest BCUT2D eigenvalue weighted by Crippen LogP contribution is -2.42. The maximum Gasteiger partial charge on any atom is 0.415 e. The van der Waals surface area contributed by atoms with Crippen LogP contribution in [0.1, 0.15) is 15.9 Å². The van der Waals surface area contributed by atoms with Crippen LogP contribution in [0.2, 0.25) is 0 Å². The summed E-state index contributed by atoms with van der Waals surface area (Å²) in [5.41, 5.74) is 1.39. The number of methoxy groups -OCH3 is 1. The maximum absolute atomic E-state index is 12.3. The van der Waals surface area contributed by atoms with Crippen LogP contribution in [0.4, 0.5) is 4.79 Å². The van der Waals surface area contributed by atoms with Crippen LogP contribution < -0.4 is 9.47 Å². The zero-order valence-electron chi connectivity index (χ0n) is 15.1. The lowest BCUT2D eigenvalue weighted by Gasteiger charge is -2.25. The van der Waals surface area contributed by atoms with Crippen molar-refractivity contribution in [1.82, 2.24) is 4.90 Å². The summed E-state index contributed by atoms with van der Waals surface area (Å²) in [5.74, 6) is 1.000. The van der Waals surface area contributed by atoms with Gasteiger partial charge in [-0.2, -0.15) is 0 Å². The van der Waals surface area contributed by atoms with Crippen molar-refractivity contribution in [2.45, 2.75) is 0 Å². The smallest absolute Gasteiger partial charge is 0.415 e. The largest absolute Gasteiger partial charge is 0.497 e. The molecule has 0 bridgehead atoms. The van der Waals surface area contributed by atoms with Crippen molar-refractivity contribution in [3.05, 3.63) is 65.7 Å². The number of hydrogen-bond donors (Lipinski definition) is 0. The zero-order valence-corrected chi connectivity index (χ0v) is 15.1. The van der Waals surface area contributed by atoms with Crippen LogP contribution in [0.15, 0.2) is 54.6 Å². The third kappa shape index (κ3) is 5.18. The van der Waals surface area contributed by atoms with Gasteiger partial charge in [-0.15, -0.1) is 0 Å². The fourth-order valence-corrected chi connectivity index (χ4v) is 2.61. The highest BCUT2D eigenvalue weighted by Crippen LogP contribution is 2.16. The Bertz CT molecular complexity index is 823. The molecule has 0 spiro atoms. The van der Waals surface area contributed by atoms with Gasteiger partial charge < -0.3 is 19.1 Å². The van der Waals surface area contributed by atoms with E-state index >= 15 is 0 Å². The molecule has 0 saturated carbocycles. The van der Waals surface area contributed by atoms with Gasteiger partial charge in [0.25, 0.3) is 0 Å². The Hall–Kier alpha value is -3.12. The average Bonchev–Trinajstić information content (AvgIpc) is 2.73. The van der Waals surface area contributed by atoms with Crippen molar-refractivity contribution in [3.63, 3.8) is 0 Å². The highest BCUT2D eigenvalue weighted by Gasteiger charge is 2.18. The molecule has 0 atom stereocenters. The summed E-state index contributed by atoms with van der Waals surface area (Å²) in [5, 5.41) is 0. The first kappa shape index (κ1) is 18.7. The molecule has 2 aromatic rings. The molecule has 1 amide bonds. The number of ketones is 1. The lowest BCUT2D eigenvalue weighted by molar-refractivity contribution is 0.0416. The van der Waals surface area contributed by atoms with Crippen molar-refractivity contribution < 1.29 is 23.8 Å². The minimum atomic E-state index is -0.407. The van der Waals surface area contributed by atoms with Gasteiger partial charge in [-0.25, -0.2) is 4.79 Å². The average molecular weight is 367 g/mol. The van der Waals surface area contributed by atoms with Gasteiger partial charge in [-0.05, 0) is 48.0 Å². The standard InChI is InChI=1S/C21H21NO5/c1-25-19-4-2-3-16(15-19)5-10-20(23)17-6-8-18(9-7-17)27-21(24)22-11-13-26-14-12-22/h2-10,15H,11-14H2,1H3/b10-5+. The normalized spacial score (nSPS) is 14.2. The van der Waals surface area contributed by atoms with Gasteiger partial charge in [0, 0.05) is 18.7 Å². The second-order valence-corrected chi connectivity index (χ2v) is 5.97. The van der Waals surface area contributed by atoms with Crippen LogP contribution in [0.3, 0.4) is 0 Å². The quantitative estimate of drug-likeness (QED) is 0.598. The number of carbonyl (C=O) groups is 2. The molecule has 0 aliphatic carbocycles. The molecule has 0 aromatic heterocycles. The van der Waals surface area contributed by atoms with Crippen LogP contribution in [-0.4, -0.2) is 50.2 Å². The van der Waals surface area contributed by atoms with Gasteiger partial charge in [0.2, 0.25) is 0 Å². The van der Waals surface area contributed by atoms with E-state index in [2.05, 4.69) is 0 Å². The molecule has 3 rings (SSSR count). The van der Waals surface area contributed by atoms with Gasteiger partial charge in [0.1, 0.15) is 11.5 Å². The molecule has 6 nitrogen and oxygen atoms in total. The highest BCUT2D eigenvalue weighted by molar-refractivity contribution is 6.06. The zero-order chi connectivity index (χ0) is 19.1. The summed E-state index contributed by atoms with van der Waals surface area (Å²) in [7, 11) is 1.60. The highest BCUT2D eigenvalue weighted by atomic mass is 16.6. The number of amides is 1. The van der Waals surface area contributed by atoms with Crippen LogP contribution >= 0.6 is 0 Å². The molecule has 0 N–H and O–H groups in total. The van der Waals surface area contributed by atoms with Crippen LogP contribution in [-0.2, 0) is 4.74 Å². The minimum absolute atomic E-state index is 0.135. The fourth-order valence-electron chi connectivity index (χ4n) is 2.61. The summed E-state index contributed by atoms with van der Waals surface area (Å²) < 4.78 is 15.7. The van der Waals surface area contributed by atoms with Gasteiger partial charge in [0.15, 0.2) is 5.78 Å². The van der Waals surface area contributed by atoms with E-state index < -0.39 is 6.09 Å². The molecule has 0 radical (unpaired) electrons. The van der Waals surface area contributed by atoms with E-state index in [4.69, 9.17) is 14.2 Å². The van der Waals surface area contributed by atoms with Gasteiger partial charge in [0.05, 0.1) is 20.3 Å². The molecule has 2 aromatic carbocycles. The molecule has 140 valence electrons. The third-order valence-electron chi connectivity index (χ3n) is 4.13. The summed E-state index contributed by atoms with van der Waals surface area (Å²) in [6, 6.07) is 13.9. The van der Waals surface area contributed by atoms with E-state index in [1.807, 2.05) is 24.3 Å². The maximum atomic E-state index is 12.3. The van der Waals surface area contributed by atoms with Crippen LogP contribution in [0.5, 0.6) is 11.5 Å². The Labute approximate surface area is 158 Å². The predicted octanol–water partition coefficient (Wildman–Crippen LogP) is 3.42. The summed E-state index contributed by atoms with van der Waals surface area (Å²) in [6.45, 7) is 2.07. The van der Waals surface area contributed by atoms with Crippen molar-refractivity contribution in [1.29, 1.82) is 0 Å². The molecular formula is C21H21NO5. The first-order chi connectivity index (χ1) is 13.2. The molecule has 1 heterocycles. The molecule has 1 aliphatic heterocycles. The lowest BCUT2D eigenvalue weighted by atomic mass is 10.1. The van der Waals surface area contributed by atoms with Gasteiger partial charge >= 0.3 is 6.09 Å². The minimum Gasteiger partial charge on any atom is -0.497 e. The van der Waals surface area contributed by atoms with Crippen LogP contribution in [0, 0.1) is 0 Å². The summed E-state index contributed by atoms with van der Waals surface area (Å²) >= 11 is 0. The van der Waals surface area contributed by atoms with Crippen molar-refractivity contribution >= 4 is 18.0 Å². The second-order valence-electron chi connectivity index (χ2n) is 5.97. The second kappa shape index (κ2) is 9.00. The Kier molecular flexibility index (Phi) is 6.22. The Morgan fingerprint density at radius 2 is 1.78 bits per heavy atom. The molecule has 27 heavy (non-hydrogen) atoms. The number of carbonyl (C=O) groups excluding carboxylic acids is 2. The van der Waals surface area contributed by atoms with Crippen LogP contribution in [0.25, 0.3) is 6.08 Å². The van der Waals surface area contributed by atoms with Crippen molar-refractivity contribution in [2.24, 2.45) is 0 Å². The SMILES string of the molecule is COc1cccc(/C=C/C(=O)c2ccc(OC(=O)N3CCOCC3)cc2)c1. The topological polar surface area (TPSA) is 65.1 Å². The fraction of sp³-hybridized carbons (Fsp3) is 0.238. The monoisotopic (exact) mass is 367 g/mol. The molecule has 1 fully saturated rings. The number of benzene rings is 2. The van der Waals surface area contributed by atoms with Crippen molar-refractivity contribution in [2.75, 3.05) is 33.4 Å². The van der Waals surface area contributed by atoms with E-state index in [1.54, 1.807) is 42.4 Å². The number of ether oxygens (including phenoxy) is 3. The third-order valence-corrected chi connectivity index (χ3v) is 4.13. The number of hydrogen-bond acceptors (Lipinski definition) is 5. The number of morpholine rings is 1. The van der Waals surface area contributed by atoms with E-state index in [0.717, 1.165) is 11.3 Å². The van der Waals surface area contributed by atoms with E-state index in [0.29, 0.717) is 37.6 Å². The molecular weight excluding hydrogens is 346 g/mol. The molecule has 1 aliphatic rings. The Morgan fingerprint density at radius 3 is 2.48 bits per heavy atom. The van der Waals surface area contributed by atoms with E-state index in [1.165, 1.54) is 6.08 Å². The summed E-state index contributed by atoms with van der Waals surface area (Å²) in [4.78, 5) is 26.0. The van der Waals surface area contributed by atoms with E-state index in [-0.39, 0.29) is 5.78 Å². The van der Waals surface area contributed by atoms with Gasteiger partial charge in [-0.3, -0.25) is 4.79 Å². The van der Waals surface area contributed by atoms with Gasteiger partial charge in [-0.1, -0.05) is 18.2 Å². The number of nitrogens with zero attached hydrogens (tertiary/aromatic N) is 1. The first-order valence-corrected chi connectivity index (χ1v) is 8.67. The number of allylic oxidation sites excluding steroid dienone is 1. The first-order valence-electron chi connectivity index (χ1n) is 8.67. The number of rotatable bonds is 5. The Morgan fingerprint density at radius 1 is 1.04 bits per heavy atom. The molecule has 6 heteroatoms. The van der Waals surface area contributed by atoms with E-state index in [9.17, 15) is 9.59 Å².